The molecule has 0 radical (unpaired) electrons. The minimum Gasteiger partial charge on any atom is -0.497 e. The fourth-order valence-electron chi connectivity index (χ4n) is 2.58. The van der Waals surface area contributed by atoms with Crippen LogP contribution in [0, 0.1) is 11.3 Å². The van der Waals surface area contributed by atoms with Gasteiger partial charge < -0.3 is 9.64 Å². The normalized spacial score (nSPS) is 11.4. The van der Waals surface area contributed by atoms with Crippen LogP contribution in [0.2, 0.25) is 0 Å². The number of amides is 1. The third-order valence-corrected chi connectivity index (χ3v) is 5.07. The molecule has 0 bridgehead atoms. The van der Waals surface area contributed by atoms with Crippen molar-refractivity contribution in [2.75, 3.05) is 19.4 Å². The van der Waals surface area contributed by atoms with Gasteiger partial charge in [-0.2, -0.15) is 5.26 Å². The Morgan fingerprint density at radius 1 is 1.20 bits per heavy atom. The Kier molecular flexibility index (Phi) is 6.91. The average Bonchev–Trinajstić information content (AvgIpc) is 2.67. The lowest BCUT2D eigenvalue weighted by atomic mass is 10.1. The molecule has 1 unspecified atom stereocenters. The van der Waals surface area contributed by atoms with E-state index < -0.39 is 0 Å². The zero-order valence-electron chi connectivity index (χ0n) is 14.7. The lowest BCUT2D eigenvalue weighted by Crippen LogP contribution is -2.34. The van der Waals surface area contributed by atoms with E-state index in [0.717, 1.165) is 16.2 Å². The number of thioether (sulfide) groups is 1. The number of benzene rings is 2. The van der Waals surface area contributed by atoms with E-state index in [2.05, 4.69) is 6.07 Å². The molecule has 0 aliphatic carbocycles. The summed E-state index contributed by atoms with van der Waals surface area (Å²) in [5.41, 5.74) is 1.66. The number of carbonyl (C=O) groups excluding carboxylic acids is 1. The molecule has 2 aromatic carbocycles. The highest BCUT2D eigenvalue weighted by Crippen LogP contribution is 2.25. The minimum atomic E-state index is -0.0262. The lowest BCUT2D eigenvalue weighted by molar-refractivity contribution is -0.130. The van der Waals surface area contributed by atoms with Gasteiger partial charge in [-0.15, -0.1) is 11.8 Å². The molecule has 1 amide bonds. The van der Waals surface area contributed by atoms with E-state index in [-0.39, 0.29) is 11.9 Å². The molecule has 0 fully saturated rings. The molecule has 0 aromatic heterocycles. The SMILES string of the molecule is CCN(C(=O)CSc1ccc(OC)cc1)C(C)c1ccc(C#N)cc1. The van der Waals surface area contributed by atoms with Gasteiger partial charge >= 0.3 is 0 Å². The minimum absolute atomic E-state index is 0.0262. The van der Waals surface area contributed by atoms with Crippen molar-refractivity contribution in [2.45, 2.75) is 24.8 Å². The smallest absolute Gasteiger partial charge is 0.233 e. The summed E-state index contributed by atoms with van der Waals surface area (Å²) in [6.07, 6.45) is 0. The third kappa shape index (κ3) is 5.01. The first-order valence-corrected chi connectivity index (χ1v) is 9.14. The number of hydrogen-bond donors (Lipinski definition) is 0. The van der Waals surface area contributed by atoms with Crippen LogP contribution >= 0.6 is 11.8 Å². The number of hydrogen-bond acceptors (Lipinski definition) is 4. The molecule has 0 aliphatic heterocycles. The van der Waals surface area contributed by atoms with Crippen molar-refractivity contribution < 1.29 is 9.53 Å². The Labute approximate surface area is 153 Å². The summed E-state index contributed by atoms with van der Waals surface area (Å²) in [7, 11) is 1.63. The molecular formula is C20H22N2O2S. The van der Waals surface area contributed by atoms with Gasteiger partial charge in [0.25, 0.3) is 0 Å². The lowest BCUT2D eigenvalue weighted by Gasteiger charge is -2.28. The van der Waals surface area contributed by atoms with Gasteiger partial charge in [0.15, 0.2) is 0 Å². The van der Waals surface area contributed by atoms with Gasteiger partial charge in [0.1, 0.15) is 5.75 Å². The number of methoxy groups -OCH3 is 1. The molecular weight excluding hydrogens is 332 g/mol. The van der Waals surface area contributed by atoms with Crippen LogP contribution in [-0.4, -0.2) is 30.2 Å². The standard InChI is InChI=1S/C20H22N2O2S/c1-4-22(15(2)17-7-5-16(13-21)6-8-17)20(23)14-25-19-11-9-18(24-3)10-12-19/h5-12,15H,4,14H2,1-3H3. The van der Waals surface area contributed by atoms with Crippen molar-refractivity contribution in [3.8, 4) is 11.8 Å². The zero-order valence-corrected chi connectivity index (χ0v) is 15.5. The second-order valence-corrected chi connectivity index (χ2v) is 6.60. The van der Waals surface area contributed by atoms with Gasteiger partial charge in [-0.25, -0.2) is 0 Å². The molecule has 0 aliphatic rings. The Morgan fingerprint density at radius 3 is 2.36 bits per heavy atom. The van der Waals surface area contributed by atoms with E-state index in [1.165, 1.54) is 11.8 Å². The van der Waals surface area contributed by atoms with Gasteiger partial charge in [0.2, 0.25) is 5.91 Å². The molecule has 4 nitrogen and oxygen atoms in total. The van der Waals surface area contributed by atoms with E-state index >= 15 is 0 Å². The topological polar surface area (TPSA) is 53.3 Å². The Bertz CT molecular complexity index is 736. The predicted molar refractivity (Wildman–Crippen MR) is 101 cm³/mol. The van der Waals surface area contributed by atoms with Gasteiger partial charge in [0, 0.05) is 11.4 Å². The van der Waals surface area contributed by atoms with Crippen molar-refractivity contribution in [1.29, 1.82) is 5.26 Å². The molecule has 0 saturated carbocycles. The summed E-state index contributed by atoms with van der Waals surface area (Å²) in [6.45, 7) is 4.64. The van der Waals surface area contributed by atoms with Crippen LogP contribution in [-0.2, 0) is 4.79 Å². The fourth-order valence-corrected chi connectivity index (χ4v) is 3.37. The Balaban J connectivity index is 1.99. The second kappa shape index (κ2) is 9.14. The molecule has 2 rings (SSSR count). The first-order chi connectivity index (χ1) is 12.1. The summed E-state index contributed by atoms with van der Waals surface area (Å²) in [6, 6.07) is 17.2. The van der Waals surface area contributed by atoms with Crippen molar-refractivity contribution in [2.24, 2.45) is 0 Å². The molecule has 130 valence electrons. The van der Waals surface area contributed by atoms with Crippen LogP contribution < -0.4 is 4.74 Å². The predicted octanol–water partition coefficient (Wildman–Crippen LogP) is 4.27. The zero-order chi connectivity index (χ0) is 18.2. The summed E-state index contributed by atoms with van der Waals surface area (Å²) in [5.74, 6) is 1.29. The first kappa shape index (κ1) is 18.9. The molecule has 0 N–H and O–H groups in total. The number of rotatable bonds is 7. The highest BCUT2D eigenvalue weighted by molar-refractivity contribution is 8.00. The molecule has 0 heterocycles. The maximum absolute atomic E-state index is 12.6. The Morgan fingerprint density at radius 2 is 1.84 bits per heavy atom. The number of ether oxygens (including phenoxy) is 1. The second-order valence-electron chi connectivity index (χ2n) is 5.55. The van der Waals surface area contributed by atoms with Crippen LogP contribution in [0.1, 0.15) is 31.0 Å². The van der Waals surface area contributed by atoms with Gasteiger partial charge in [-0.05, 0) is 55.8 Å². The van der Waals surface area contributed by atoms with Gasteiger partial charge in [0.05, 0.1) is 30.5 Å². The number of nitriles is 1. The van der Waals surface area contributed by atoms with Crippen molar-refractivity contribution in [1.82, 2.24) is 4.90 Å². The van der Waals surface area contributed by atoms with E-state index in [0.29, 0.717) is 17.9 Å². The van der Waals surface area contributed by atoms with Gasteiger partial charge in [-0.1, -0.05) is 12.1 Å². The summed E-state index contributed by atoms with van der Waals surface area (Å²) in [5, 5.41) is 8.90. The quantitative estimate of drug-likeness (QED) is 0.697. The largest absolute Gasteiger partial charge is 0.497 e. The molecule has 2 aromatic rings. The van der Waals surface area contributed by atoms with Crippen LogP contribution in [0.3, 0.4) is 0 Å². The number of nitrogens with zero attached hydrogens (tertiary/aromatic N) is 2. The van der Waals surface area contributed by atoms with Crippen LogP contribution in [0.4, 0.5) is 0 Å². The van der Waals surface area contributed by atoms with Crippen molar-refractivity contribution in [3.63, 3.8) is 0 Å². The number of carbonyl (C=O) groups is 1. The third-order valence-electron chi connectivity index (χ3n) is 4.07. The van der Waals surface area contributed by atoms with Crippen LogP contribution in [0.15, 0.2) is 53.4 Å². The summed E-state index contributed by atoms with van der Waals surface area (Å²) in [4.78, 5) is 15.5. The van der Waals surface area contributed by atoms with E-state index in [1.54, 1.807) is 19.2 Å². The molecule has 1 atom stereocenters. The first-order valence-electron chi connectivity index (χ1n) is 8.15. The highest BCUT2D eigenvalue weighted by Gasteiger charge is 2.20. The molecule has 0 saturated heterocycles. The Hall–Kier alpha value is -2.45. The fraction of sp³-hybridized carbons (Fsp3) is 0.300. The van der Waals surface area contributed by atoms with Gasteiger partial charge in [-0.3, -0.25) is 4.79 Å². The van der Waals surface area contributed by atoms with E-state index in [9.17, 15) is 4.79 Å². The van der Waals surface area contributed by atoms with Crippen molar-refractivity contribution in [3.05, 3.63) is 59.7 Å². The summed E-state index contributed by atoms with van der Waals surface area (Å²) >= 11 is 1.52. The van der Waals surface area contributed by atoms with Crippen molar-refractivity contribution >= 4 is 17.7 Å². The monoisotopic (exact) mass is 354 g/mol. The van der Waals surface area contributed by atoms with E-state index in [1.807, 2.05) is 55.1 Å². The van der Waals surface area contributed by atoms with E-state index in [4.69, 9.17) is 10.00 Å². The molecule has 25 heavy (non-hydrogen) atoms. The molecule has 5 heteroatoms. The summed E-state index contributed by atoms with van der Waals surface area (Å²) < 4.78 is 5.14. The van der Waals surface area contributed by atoms with Crippen LogP contribution in [0.5, 0.6) is 5.75 Å². The maximum atomic E-state index is 12.6. The highest BCUT2D eigenvalue weighted by atomic mass is 32.2. The average molecular weight is 354 g/mol. The maximum Gasteiger partial charge on any atom is 0.233 e. The van der Waals surface area contributed by atoms with Crippen LogP contribution in [0.25, 0.3) is 0 Å². The molecule has 0 spiro atoms.